The molecule has 6 heteroatoms. The molecule has 2 unspecified atom stereocenters. The van der Waals surface area contributed by atoms with Crippen LogP contribution in [0.25, 0.3) is 11.0 Å². The van der Waals surface area contributed by atoms with Gasteiger partial charge < -0.3 is 0 Å². The third-order valence-corrected chi connectivity index (χ3v) is 6.80. The summed E-state index contributed by atoms with van der Waals surface area (Å²) in [6.45, 7) is 3.56. The van der Waals surface area contributed by atoms with E-state index < -0.39 is 14.8 Å². The SMILES string of the molecule is CC1C=C(Cl)C=CC1(C)S(=O)(=O)n1ccc2cccnc21. The van der Waals surface area contributed by atoms with Crippen molar-refractivity contribution in [3.05, 3.63) is 53.9 Å². The predicted molar refractivity (Wildman–Crippen MR) is 84.7 cm³/mol. The highest BCUT2D eigenvalue weighted by molar-refractivity contribution is 7.91. The van der Waals surface area contributed by atoms with Crippen LogP contribution in [-0.4, -0.2) is 22.1 Å². The van der Waals surface area contributed by atoms with Gasteiger partial charge in [0.15, 0.2) is 5.65 Å². The molecule has 110 valence electrons. The Morgan fingerprint density at radius 2 is 2.14 bits per heavy atom. The van der Waals surface area contributed by atoms with E-state index in [2.05, 4.69) is 4.98 Å². The first-order valence-corrected chi connectivity index (χ1v) is 8.42. The van der Waals surface area contributed by atoms with Crippen molar-refractivity contribution < 1.29 is 8.42 Å². The third kappa shape index (κ3) is 2.03. The second kappa shape index (κ2) is 4.71. The summed E-state index contributed by atoms with van der Waals surface area (Å²) in [5.41, 5.74) is 0.444. The first-order chi connectivity index (χ1) is 9.86. The lowest BCUT2D eigenvalue weighted by atomic mass is 9.91. The Morgan fingerprint density at radius 3 is 2.86 bits per heavy atom. The highest BCUT2D eigenvalue weighted by Gasteiger charge is 2.44. The zero-order valence-electron chi connectivity index (χ0n) is 11.7. The van der Waals surface area contributed by atoms with Crippen LogP contribution in [0.2, 0.25) is 0 Å². The van der Waals surface area contributed by atoms with Crippen LogP contribution in [-0.2, 0) is 10.0 Å². The standard InChI is InChI=1S/C15H15ClN2O2S/c1-11-10-13(16)5-7-15(11,2)21(19,20)18-9-6-12-4-3-8-17-14(12)18/h3-11H,1-2H3. The minimum Gasteiger partial charge on any atom is -0.237 e. The molecule has 0 fully saturated rings. The monoisotopic (exact) mass is 322 g/mol. The van der Waals surface area contributed by atoms with Gasteiger partial charge in [0.1, 0.15) is 4.75 Å². The summed E-state index contributed by atoms with van der Waals surface area (Å²) in [4.78, 5) is 4.19. The van der Waals surface area contributed by atoms with Gasteiger partial charge in [-0.2, -0.15) is 0 Å². The van der Waals surface area contributed by atoms with Crippen LogP contribution in [0.1, 0.15) is 13.8 Å². The van der Waals surface area contributed by atoms with Crippen molar-refractivity contribution in [3.63, 3.8) is 0 Å². The van der Waals surface area contributed by atoms with Gasteiger partial charge in [0.05, 0.1) is 0 Å². The van der Waals surface area contributed by atoms with E-state index in [9.17, 15) is 8.42 Å². The first kappa shape index (κ1) is 14.4. The largest absolute Gasteiger partial charge is 0.249 e. The van der Waals surface area contributed by atoms with Gasteiger partial charge >= 0.3 is 0 Å². The Kier molecular flexibility index (Phi) is 3.22. The molecule has 0 amide bonds. The van der Waals surface area contributed by atoms with Gasteiger partial charge in [0.25, 0.3) is 0 Å². The minimum atomic E-state index is -3.65. The molecular formula is C15H15ClN2O2S. The maximum atomic E-state index is 13.1. The normalized spacial score (nSPS) is 26.0. The Morgan fingerprint density at radius 1 is 1.38 bits per heavy atom. The summed E-state index contributed by atoms with van der Waals surface area (Å²) < 4.78 is 26.4. The molecule has 0 bridgehead atoms. The number of hydrogen-bond acceptors (Lipinski definition) is 3. The van der Waals surface area contributed by atoms with Gasteiger partial charge in [0.2, 0.25) is 10.0 Å². The molecule has 3 rings (SSSR count). The number of nitrogens with zero attached hydrogens (tertiary/aromatic N) is 2. The van der Waals surface area contributed by atoms with E-state index in [-0.39, 0.29) is 5.92 Å². The van der Waals surface area contributed by atoms with E-state index in [1.165, 1.54) is 3.97 Å². The van der Waals surface area contributed by atoms with Gasteiger partial charge in [-0.25, -0.2) is 17.4 Å². The quantitative estimate of drug-likeness (QED) is 0.852. The Hall–Kier alpha value is -1.59. The summed E-state index contributed by atoms with van der Waals surface area (Å²) >= 11 is 5.97. The van der Waals surface area contributed by atoms with E-state index in [4.69, 9.17) is 11.6 Å². The zero-order valence-corrected chi connectivity index (χ0v) is 13.3. The summed E-state index contributed by atoms with van der Waals surface area (Å²) in [5.74, 6) is -0.235. The van der Waals surface area contributed by atoms with Crippen LogP contribution >= 0.6 is 11.6 Å². The Balaban J connectivity index is 2.20. The average molecular weight is 323 g/mol. The molecule has 2 aromatic heterocycles. The summed E-state index contributed by atoms with van der Waals surface area (Å²) in [5, 5.41) is 1.36. The second-order valence-electron chi connectivity index (χ2n) is 5.39. The van der Waals surface area contributed by atoms with Gasteiger partial charge in [-0.15, -0.1) is 0 Å². The third-order valence-electron chi connectivity index (χ3n) is 4.12. The first-order valence-electron chi connectivity index (χ1n) is 6.60. The maximum absolute atomic E-state index is 13.1. The van der Waals surface area contributed by atoms with E-state index in [1.807, 2.05) is 13.0 Å². The van der Waals surface area contributed by atoms with Crippen molar-refractivity contribution in [2.45, 2.75) is 18.6 Å². The lowest BCUT2D eigenvalue weighted by Gasteiger charge is -2.33. The molecule has 0 saturated heterocycles. The second-order valence-corrected chi connectivity index (χ2v) is 8.05. The molecule has 1 aliphatic rings. The number of halogens is 1. The van der Waals surface area contributed by atoms with Crippen LogP contribution in [0, 0.1) is 5.92 Å². The van der Waals surface area contributed by atoms with Crippen LogP contribution in [0.3, 0.4) is 0 Å². The van der Waals surface area contributed by atoms with Crippen molar-refractivity contribution in [1.29, 1.82) is 0 Å². The molecule has 0 aromatic carbocycles. The number of allylic oxidation sites excluding steroid dienone is 3. The lowest BCUT2D eigenvalue weighted by Crippen LogP contribution is -2.43. The fourth-order valence-electron chi connectivity index (χ4n) is 2.53. The Bertz CT molecular complexity index is 867. The zero-order chi connectivity index (χ0) is 15.3. The number of aromatic nitrogens is 2. The molecule has 0 aliphatic heterocycles. The van der Waals surface area contributed by atoms with Crippen molar-refractivity contribution in [2.75, 3.05) is 0 Å². The highest BCUT2D eigenvalue weighted by atomic mass is 35.5. The van der Waals surface area contributed by atoms with Gasteiger partial charge in [-0.3, -0.25) is 0 Å². The fraction of sp³-hybridized carbons (Fsp3) is 0.267. The summed E-state index contributed by atoms with van der Waals surface area (Å²) in [7, 11) is -3.65. The van der Waals surface area contributed by atoms with Crippen molar-refractivity contribution in [2.24, 2.45) is 5.92 Å². The lowest BCUT2D eigenvalue weighted by molar-refractivity contribution is 0.507. The Labute approximate surface area is 128 Å². The van der Waals surface area contributed by atoms with Crippen molar-refractivity contribution in [1.82, 2.24) is 8.96 Å². The van der Waals surface area contributed by atoms with E-state index in [0.29, 0.717) is 10.7 Å². The summed E-state index contributed by atoms with van der Waals surface area (Å²) in [6.07, 6.45) is 8.20. The van der Waals surface area contributed by atoms with E-state index in [0.717, 1.165) is 5.39 Å². The molecule has 1 aliphatic carbocycles. The molecule has 4 nitrogen and oxygen atoms in total. The molecule has 21 heavy (non-hydrogen) atoms. The van der Waals surface area contributed by atoms with Crippen LogP contribution in [0.5, 0.6) is 0 Å². The van der Waals surface area contributed by atoms with Crippen LogP contribution in [0.15, 0.2) is 53.9 Å². The van der Waals surface area contributed by atoms with Gasteiger partial charge in [-0.05, 0) is 31.2 Å². The molecule has 2 heterocycles. The van der Waals surface area contributed by atoms with E-state index >= 15 is 0 Å². The molecule has 0 spiro atoms. The number of fused-ring (bicyclic) bond motifs is 1. The highest BCUT2D eigenvalue weighted by Crippen LogP contribution is 2.37. The van der Waals surface area contributed by atoms with Crippen molar-refractivity contribution in [3.8, 4) is 0 Å². The van der Waals surface area contributed by atoms with Gasteiger partial charge in [-0.1, -0.05) is 30.7 Å². The van der Waals surface area contributed by atoms with E-state index in [1.54, 1.807) is 49.7 Å². The molecule has 0 N–H and O–H groups in total. The number of hydrogen-bond donors (Lipinski definition) is 0. The predicted octanol–water partition coefficient (Wildman–Crippen LogP) is 3.30. The average Bonchev–Trinajstić information content (AvgIpc) is 2.87. The summed E-state index contributed by atoms with van der Waals surface area (Å²) in [6, 6.07) is 5.38. The number of rotatable bonds is 2. The topological polar surface area (TPSA) is 52.0 Å². The fourth-order valence-corrected chi connectivity index (χ4v) is 4.58. The number of pyridine rings is 1. The minimum absolute atomic E-state index is 0.235. The van der Waals surface area contributed by atoms with Crippen LogP contribution in [0.4, 0.5) is 0 Å². The maximum Gasteiger partial charge on any atom is 0.249 e. The van der Waals surface area contributed by atoms with Crippen LogP contribution < -0.4 is 0 Å². The van der Waals surface area contributed by atoms with Crippen molar-refractivity contribution >= 4 is 32.7 Å². The smallest absolute Gasteiger partial charge is 0.237 e. The van der Waals surface area contributed by atoms with Gasteiger partial charge in [0, 0.05) is 28.7 Å². The molecule has 2 aromatic rings. The molecule has 0 saturated carbocycles. The molecular weight excluding hydrogens is 308 g/mol. The molecule has 2 atom stereocenters. The molecule has 0 radical (unpaired) electrons.